The van der Waals surface area contributed by atoms with E-state index in [-0.39, 0.29) is 24.8 Å². The molecule has 0 aromatic rings. The lowest BCUT2D eigenvalue weighted by Gasteiger charge is -2.22. The van der Waals surface area contributed by atoms with Crippen molar-refractivity contribution in [1.82, 2.24) is 4.90 Å². The molecule has 0 unspecified atom stereocenters. The van der Waals surface area contributed by atoms with E-state index in [1.54, 1.807) is 17.1 Å². The summed E-state index contributed by atoms with van der Waals surface area (Å²) in [6.07, 6.45) is 17.1. The summed E-state index contributed by atoms with van der Waals surface area (Å²) in [5.41, 5.74) is 0. The summed E-state index contributed by atoms with van der Waals surface area (Å²) in [6, 6.07) is 0. The molecule has 0 bridgehead atoms. The molecule has 0 aliphatic carbocycles. The van der Waals surface area contributed by atoms with Gasteiger partial charge in [0.1, 0.15) is 5.76 Å². The highest BCUT2D eigenvalue weighted by Gasteiger charge is 2.14. The number of unbranched alkanes of at least 4 members (excludes halogenated alkanes) is 3. The van der Waals surface area contributed by atoms with Crippen LogP contribution in [0.3, 0.4) is 0 Å². The largest absolute Gasteiger partial charge is 0.511 e. The molecule has 0 aliphatic heterocycles. The van der Waals surface area contributed by atoms with Crippen molar-refractivity contribution in [3.63, 3.8) is 0 Å². The van der Waals surface area contributed by atoms with Crippen LogP contribution in [0.15, 0.2) is 48.8 Å². The van der Waals surface area contributed by atoms with E-state index in [1.165, 1.54) is 0 Å². The van der Waals surface area contributed by atoms with Crippen LogP contribution in [0.2, 0.25) is 0 Å². The molecule has 0 aromatic carbocycles. The van der Waals surface area contributed by atoms with Crippen LogP contribution in [0.5, 0.6) is 0 Å². The SMILES string of the molecule is C=C/C=C\C=C/CCCCCN(C/C(O)=C/CC)C(=O)CCCO. The molecular formula is C20H33NO3. The van der Waals surface area contributed by atoms with Gasteiger partial charge in [-0.15, -0.1) is 0 Å². The average Bonchev–Trinajstić information content (AvgIpc) is 2.57. The van der Waals surface area contributed by atoms with E-state index in [4.69, 9.17) is 5.11 Å². The Morgan fingerprint density at radius 1 is 1.12 bits per heavy atom. The van der Waals surface area contributed by atoms with Crippen molar-refractivity contribution >= 4 is 5.91 Å². The number of nitrogens with zero attached hydrogens (tertiary/aromatic N) is 1. The zero-order chi connectivity index (χ0) is 18.0. The number of carbonyl (C=O) groups is 1. The van der Waals surface area contributed by atoms with E-state index in [0.29, 0.717) is 19.4 Å². The summed E-state index contributed by atoms with van der Waals surface area (Å²) in [5, 5.41) is 18.7. The van der Waals surface area contributed by atoms with Gasteiger partial charge in [-0.05, 0) is 38.2 Å². The van der Waals surface area contributed by atoms with Crippen LogP contribution >= 0.6 is 0 Å². The van der Waals surface area contributed by atoms with Gasteiger partial charge in [0.05, 0.1) is 6.54 Å². The topological polar surface area (TPSA) is 60.8 Å². The van der Waals surface area contributed by atoms with Gasteiger partial charge < -0.3 is 15.1 Å². The maximum atomic E-state index is 12.2. The van der Waals surface area contributed by atoms with Gasteiger partial charge in [-0.25, -0.2) is 0 Å². The molecular weight excluding hydrogens is 302 g/mol. The third-order valence-corrected chi connectivity index (χ3v) is 3.49. The minimum Gasteiger partial charge on any atom is -0.511 e. The minimum absolute atomic E-state index is 0.00504. The van der Waals surface area contributed by atoms with Crippen LogP contribution in [0.4, 0.5) is 0 Å². The second-order valence-corrected chi connectivity index (χ2v) is 5.64. The molecule has 136 valence electrons. The molecule has 0 spiro atoms. The Balaban J connectivity index is 4.18. The number of hydrogen-bond acceptors (Lipinski definition) is 3. The maximum absolute atomic E-state index is 12.2. The predicted octanol–water partition coefficient (Wildman–Crippen LogP) is 4.30. The highest BCUT2D eigenvalue weighted by molar-refractivity contribution is 5.76. The molecule has 4 heteroatoms. The van der Waals surface area contributed by atoms with Gasteiger partial charge in [0.25, 0.3) is 0 Å². The van der Waals surface area contributed by atoms with Crippen LogP contribution in [-0.4, -0.2) is 40.7 Å². The number of allylic oxidation sites excluding steroid dienone is 6. The molecule has 2 N–H and O–H groups in total. The summed E-state index contributed by atoms with van der Waals surface area (Å²) < 4.78 is 0. The summed E-state index contributed by atoms with van der Waals surface area (Å²) in [6.45, 7) is 6.49. The zero-order valence-corrected chi connectivity index (χ0v) is 15.0. The lowest BCUT2D eigenvalue weighted by molar-refractivity contribution is -0.131. The Hall–Kier alpha value is -1.81. The van der Waals surface area contributed by atoms with Crippen molar-refractivity contribution in [2.45, 2.75) is 51.9 Å². The standard InChI is InChI=1S/C20H33NO3/c1-3-5-6-7-8-9-10-11-12-16-21(18-19(23)14-4-2)20(24)15-13-17-22/h3,5-8,14,22-23H,1,4,9-13,15-18H2,2H3/b6-5-,8-7-,19-14-. The van der Waals surface area contributed by atoms with E-state index < -0.39 is 0 Å². The van der Waals surface area contributed by atoms with Crippen LogP contribution in [0, 0.1) is 0 Å². The van der Waals surface area contributed by atoms with Crippen LogP contribution < -0.4 is 0 Å². The Bertz CT molecular complexity index is 425. The molecule has 24 heavy (non-hydrogen) atoms. The van der Waals surface area contributed by atoms with Gasteiger partial charge in [0.2, 0.25) is 5.91 Å². The number of hydrogen-bond donors (Lipinski definition) is 2. The van der Waals surface area contributed by atoms with Gasteiger partial charge in [-0.1, -0.05) is 50.3 Å². The quantitative estimate of drug-likeness (QED) is 0.283. The van der Waals surface area contributed by atoms with E-state index >= 15 is 0 Å². The van der Waals surface area contributed by atoms with Gasteiger partial charge >= 0.3 is 0 Å². The smallest absolute Gasteiger partial charge is 0.223 e. The molecule has 0 radical (unpaired) electrons. The first-order valence-corrected chi connectivity index (χ1v) is 8.86. The summed E-state index contributed by atoms with van der Waals surface area (Å²) in [7, 11) is 0. The molecule has 1 amide bonds. The molecule has 0 aliphatic rings. The van der Waals surface area contributed by atoms with Crippen molar-refractivity contribution in [1.29, 1.82) is 0 Å². The van der Waals surface area contributed by atoms with Crippen molar-refractivity contribution in [2.24, 2.45) is 0 Å². The van der Waals surface area contributed by atoms with Gasteiger partial charge in [0, 0.05) is 19.6 Å². The van der Waals surface area contributed by atoms with E-state index in [0.717, 1.165) is 32.1 Å². The molecule has 0 aromatic heterocycles. The van der Waals surface area contributed by atoms with Gasteiger partial charge in [-0.2, -0.15) is 0 Å². The number of aliphatic hydroxyl groups is 2. The third-order valence-electron chi connectivity index (χ3n) is 3.49. The fourth-order valence-electron chi connectivity index (χ4n) is 2.24. The summed E-state index contributed by atoms with van der Waals surface area (Å²) in [5.74, 6) is 0.237. The molecule has 0 saturated carbocycles. The van der Waals surface area contributed by atoms with Crippen LogP contribution in [-0.2, 0) is 4.79 Å². The number of amides is 1. The van der Waals surface area contributed by atoms with Gasteiger partial charge in [0.15, 0.2) is 0 Å². The molecule has 0 fully saturated rings. The Morgan fingerprint density at radius 3 is 2.58 bits per heavy atom. The fourth-order valence-corrected chi connectivity index (χ4v) is 2.24. The predicted molar refractivity (Wildman–Crippen MR) is 101 cm³/mol. The van der Waals surface area contributed by atoms with Crippen molar-refractivity contribution < 1.29 is 15.0 Å². The second-order valence-electron chi connectivity index (χ2n) is 5.64. The highest BCUT2D eigenvalue weighted by atomic mass is 16.3. The first kappa shape index (κ1) is 22.2. The summed E-state index contributed by atoms with van der Waals surface area (Å²) >= 11 is 0. The second kappa shape index (κ2) is 16.1. The third kappa shape index (κ3) is 12.7. The minimum atomic E-state index is -0.00504. The highest BCUT2D eigenvalue weighted by Crippen LogP contribution is 2.07. The fraction of sp³-hybridized carbons (Fsp3) is 0.550. The molecule has 0 saturated heterocycles. The Morgan fingerprint density at radius 2 is 1.92 bits per heavy atom. The van der Waals surface area contributed by atoms with Crippen molar-refractivity contribution in [2.75, 3.05) is 19.7 Å². The molecule has 0 atom stereocenters. The van der Waals surface area contributed by atoms with E-state index in [1.807, 2.05) is 25.2 Å². The molecule has 0 rings (SSSR count). The first-order valence-electron chi connectivity index (χ1n) is 8.86. The molecule has 0 heterocycles. The van der Waals surface area contributed by atoms with Gasteiger partial charge in [-0.3, -0.25) is 4.79 Å². The van der Waals surface area contributed by atoms with Crippen molar-refractivity contribution in [3.8, 4) is 0 Å². The average molecular weight is 335 g/mol. The van der Waals surface area contributed by atoms with Crippen LogP contribution in [0.25, 0.3) is 0 Å². The molecule has 4 nitrogen and oxygen atoms in total. The monoisotopic (exact) mass is 335 g/mol. The first-order chi connectivity index (χ1) is 11.7. The van der Waals surface area contributed by atoms with Crippen LogP contribution in [0.1, 0.15) is 51.9 Å². The number of rotatable bonds is 14. The lowest BCUT2D eigenvalue weighted by Crippen LogP contribution is -2.33. The maximum Gasteiger partial charge on any atom is 0.223 e. The Labute approximate surface area is 146 Å². The number of aliphatic hydroxyl groups excluding tert-OH is 2. The van der Waals surface area contributed by atoms with Crippen molar-refractivity contribution in [3.05, 3.63) is 48.8 Å². The van der Waals surface area contributed by atoms with E-state index in [2.05, 4.69) is 12.7 Å². The Kier molecular flexibility index (Phi) is 14.9. The normalized spacial score (nSPS) is 12.2. The lowest BCUT2D eigenvalue weighted by atomic mass is 10.1. The summed E-state index contributed by atoms with van der Waals surface area (Å²) in [4.78, 5) is 13.9. The zero-order valence-electron chi connectivity index (χ0n) is 15.0. The van der Waals surface area contributed by atoms with E-state index in [9.17, 15) is 9.90 Å². The number of carbonyl (C=O) groups excluding carboxylic acids is 1.